The summed E-state index contributed by atoms with van der Waals surface area (Å²) in [6, 6.07) is 0. The van der Waals surface area contributed by atoms with E-state index in [1.807, 2.05) is 0 Å². The first-order valence-corrected chi connectivity index (χ1v) is 10.5. The second-order valence-corrected chi connectivity index (χ2v) is 8.57. The number of anilines is 2. The average Bonchev–Trinajstić information content (AvgIpc) is 2.73. The molecule has 2 aromatic rings. The van der Waals surface area contributed by atoms with Crippen LogP contribution in [0.5, 0.6) is 11.5 Å². The molecule has 0 amide bonds. The number of nitrogen functional groups attached to an aromatic ring is 2. The SMILES string of the molecule is Nc1c(C(F)(F)F)c(C(F)(F)F)c(Oc2c(C(F)(F)F)c(C(F)(F)F)c(N)c(C(F)(F)F)c2C(F)(F)F)c(C(F)(F)F)c1C(F)(F)F. The van der Waals surface area contributed by atoms with E-state index in [1.165, 1.54) is 0 Å². The third kappa shape index (κ3) is 7.35. The van der Waals surface area contributed by atoms with Gasteiger partial charge in [-0.25, -0.2) is 0 Å². The Bertz CT molecular complexity index is 1320. The smallest absolute Gasteiger partial charge is 0.420 e. The number of benzene rings is 2. The minimum Gasteiger partial charge on any atom is -0.455 e. The van der Waals surface area contributed by atoms with Crippen LogP contribution in [-0.4, -0.2) is 0 Å². The Morgan fingerprint density at radius 2 is 0.383 bits per heavy atom. The van der Waals surface area contributed by atoms with Crippen molar-refractivity contribution in [2.45, 2.75) is 49.4 Å². The highest BCUT2D eigenvalue weighted by molar-refractivity contribution is 5.73. The van der Waals surface area contributed by atoms with Crippen molar-refractivity contribution in [1.82, 2.24) is 0 Å². The number of hydrogen-bond donors (Lipinski definition) is 2. The van der Waals surface area contributed by atoms with E-state index in [0.717, 1.165) is 0 Å². The lowest BCUT2D eigenvalue weighted by Crippen LogP contribution is -2.30. The summed E-state index contributed by atoms with van der Waals surface area (Å²) in [4.78, 5) is 0. The number of rotatable bonds is 2. The van der Waals surface area contributed by atoms with Crippen molar-refractivity contribution < 1.29 is 110 Å². The Labute approximate surface area is 239 Å². The molecule has 0 atom stereocenters. The molecule has 27 heteroatoms. The first-order valence-electron chi connectivity index (χ1n) is 10.5. The van der Waals surface area contributed by atoms with Gasteiger partial charge in [0.05, 0.1) is 33.6 Å². The summed E-state index contributed by atoms with van der Waals surface area (Å²) in [6.45, 7) is 0. The van der Waals surface area contributed by atoms with Gasteiger partial charge in [-0.15, -0.1) is 0 Å². The summed E-state index contributed by atoms with van der Waals surface area (Å²) >= 11 is 0. The van der Waals surface area contributed by atoms with Crippen LogP contribution in [0.3, 0.4) is 0 Å². The molecule has 0 aliphatic carbocycles. The molecular weight excluding hydrogens is 740 g/mol. The topological polar surface area (TPSA) is 61.3 Å². The van der Waals surface area contributed by atoms with Crippen LogP contribution in [0.15, 0.2) is 0 Å². The lowest BCUT2D eigenvalue weighted by atomic mass is 9.90. The largest absolute Gasteiger partial charge is 0.455 e. The molecule has 0 aromatic heterocycles. The second-order valence-electron chi connectivity index (χ2n) is 8.57. The van der Waals surface area contributed by atoms with E-state index >= 15 is 0 Å². The molecule has 47 heavy (non-hydrogen) atoms. The molecule has 0 radical (unpaired) electrons. The average molecular weight is 744 g/mol. The van der Waals surface area contributed by atoms with E-state index < -0.39 is 117 Å². The van der Waals surface area contributed by atoms with Gasteiger partial charge in [-0.05, 0) is 0 Å². The Kier molecular flexibility index (Phi) is 9.08. The molecule has 4 N–H and O–H groups in total. The summed E-state index contributed by atoms with van der Waals surface area (Å²) < 4.78 is 333. The van der Waals surface area contributed by atoms with Gasteiger partial charge in [0.15, 0.2) is 11.5 Å². The van der Waals surface area contributed by atoms with E-state index in [2.05, 4.69) is 16.2 Å². The van der Waals surface area contributed by atoms with Crippen LogP contribution >= 0.6 is 0 Å². The van der Waals surface area contributed by atoms with Gasteiger partial charge in [-0.2, -0.15) is 105 Å². The van der Waals surface area contributed by atoms with E-state index in [1.54, 1.807) is 0 Å². The summed E-state index contributed by atoms with van der Waals surface area (Å²) in [5.74, 6) is -8.92. The molecule has 0 aliphatic rings. The predicted octanol–water partition coefficient (Wildman–Crippen LogP) is 10.8. The Hall–Kier alpha value is -3.84. The zero-order valence-electron chi connectivity index (χ0n) is 20.6. The molecular formula is C20H4F24N2O. The summed E-state index contributed by atoms with van der Waals surface area (Å²) in [6.07, 6.45) is -57.8. The van der Waals surface area contributed by atoms with Crippen molar-refractivity contribution in [2.75, 3.05) is 11.5 Å². The minimum atomic E-state index is -7.34. The van der Waals surface area contributed by atoms with Crippen molar-refractivity contribution in [1.29, 1.82) is 0 Å². The van der Waals surface area contributed by atoms with Crippen molar-refractivity contribution in [3.63, 3.8) is 0 Å². The third-order valence-electron chi connectivity index (χ3n) is 5.46. The van der Waals surface area contributed by atoms with Crippen LogP contribution in [0.2, 0.25) is 0 Å². The first kappa shape index (κ1) is 39.3. The zero-order valence-corrected chi connectivity index (χ0v) is 20.6. The molecule has 3 nitrogen and oxygen atoms in total. The Morgan fingerprint density at radius 3 is 0.489 bits per heavy atom. The minimum absolute atomic E-state index is 3.07. The number of halogens is 24. The maximum Gasteiger partial charge on any atom is 0.420 e. The number of nitrogens with two attached hydrogens (primary N) is 2. The lowest BCUT2D eigenvalue weighted by Gasteiger charge is -2.31. The fourth-order valence-corrected chi connectivity index (χ4v) is 4.06. The number of ether oxygens (including phenoxy) is 1. The lowest BCUT2D eigenvalue weighted by molar-refractivity contribution is -0.174. The van der Waals surface area contributed by atoms with Crippen LogP contribution < -0.4 is 16.2 Å². The van der Waals surface area contributed by atoms with Crippen LogP contribution in [-0.2, 0) is 49.4 Å². The maximum absolute atomic E-state index is 13.9. The van der Waals surface area contributed by atoms with E-state index in [9.17, 15) is 105 Å². The van der Waals surface area contributed by atoms with Gasteiger partial charge in [-0.3, -0.25) is 0 Å². The van der Waals surface area contributed by atoms with Gasteiger partial charge in [-0.1, -0.05) is 0 Å². The van der Waals surface area contributed by atoms with Crippen LogP contribution in [0, 0.1) is 0 Å². The predicted molar refractivity (Wildman–Crippen MR) is 102 cm³/mol. The fraction of sp³-hybridized carbons (Fsp3) is 0.400. The van der Waals surface area contributed by atoms with Gasteiger partial charge in [0.1, 0.15) is 22.3 Å². The van der Waals surface area contributed by atoms with Gasteiger partial charge >= 0.3 is 49.4 Å². The molecule has 0 spiro atoms. The summed E-state index contributed by atoms with van der Waals surface area (Å²) in [7, 11) is 0. The second kappa shape index (κ2) is 10.8. The van der Waals surface area contributed by atoms with Crippen molar-refractivity contribution in [2.24, 2.45) is 0 Å². The molecule has 0 bridgehead atoms. The Morgan fingerprint density at radius 1 is 0.255 bits per heavy atom. The standard InChI is InChI=1S/C20H4F24N2O/c21-13(22,23)1-5(17(33,34)35)11(6(18(36,37)38)2(9(1)45)14(24,25)26)47-12-7(19(39,40)41)3(15(27,28)29)10(46)4(16(30,31)32)8(12)20(42,43)44/h45-46H2. The third-order valence-corrected chi connectivity index (χ3v) is 5.46. The van der Waals surface area contributed by atoms with Gasteiger partial charge in [0.2, 0.25) is 0 Å². The van der Waals surface area contributed by atoms with Crippen molar-refractivity contribution in [3.05, 3.63) is 44.5 Å². The quantitative estimate of drug-likeness (QED) is 0.238. The van der Waals surface area contributed by atoms with Crippen molar-refractivity contribution in [3.8, 4) is 11.5 Å². The van der Waals surface area contributed by atoms with Crippen molar-refractivity contribution >= 4 is 11.4 Å². The van der Waals surface area contributed by atoms with Crippen LogP contribution in [0.1, 0.15) is 44.5 Å². The highest BCUT2D eigenvalue weighted by Crippen LogP contribution is 2.62. The molecule has 0 unspecified atom stereocenters. The number of alkyl halides is 24. The van der Waals surface area contributed by atoms with E-state index in [-0.39, 0.29) is 0 Å². The first-order chi connectivity index (χ1) is 20.3. The van der Waals surface area contributed by atoms with E-state index in [0.29, 0.717) is 0 Å². The molecule has 2 rings (SSSR count). The summed E-state index contributed by atoms with van der Waals surface area (Å²) in [5, 5.41) is 0. The van der Waals surface area contributed by atoms with Gasteiger partial charge < -0.3 is 16.2 Å². The molecule has 268 valence electrons. The molecule has 0 heterocycles. The molecule has 0 saturated carbocycles. The van der Waals surface area contributed by atoms with E-state index in [4.69, 9.17) is 0 Å². The van der Waals surface area contributed by atoms with Gasteiger partial charge in [0, 0.05) is 0 Å². The van der Waals surface area contributed by atoms with Crippen LogP contribution in [0.25, 0.3) is 0 Å². The normalized spacial score (nSPS) is 14.6. The zero-order chi connectivity index (χ0) is 37.6. The monoisotopic (exact) mass is 744 g/mol. The molecule has 2 aromatic carbocycles. The summed E-state index contributed by atoms with van der Waals surface area (Å²) in [5.41, 5.74) is -32.9. The highest BCUT2D eigenvalue weighted by atomic mass is 19.4. The van der Waals surface area contributed by atoms with Crippen LogP contribution in [0.4, 0.5) is 117 Å². The molecule has 0 aliphatic heterocycles. The Balaban J connectivity index is 3.74. The molecule has 0 saturated heterocycles. The number of hydrogen-bond acceptors (Lipinski definition) is 3. The van der Waals surface area contributed by atoms with Gasteiger partial charge in [0.25, 0.3) is 0 Å². The molecule has 0 fully saturated rings. The fourth-order valence-electron chi connectivity index (χ4n) is 4.06. The highest BCUT2D eigenvalue weighted by Gasteiger charge is 2.60. The maximum atomic E-state index is 13.9.